The maximum atomic E-state index is 12.6. The first-order valence-corrected chi connectivity index (χ1v) is 8.26. The Labute approximate surface area is 144 Å². The lowest BCUT2D eigenvalue weighted by molar-refractivity contribution is -0.123. The zero-order chi connectivity index (χ0) is 17.2. The number of amides is 1. The second-order valence-corrected chi connectivity index (χ2v) is 5.93. The van der Waals surface area contributed by atoms with Crippen LogP contribution in [0.3, 0.4) is 0 Å². The van der Waals surface area contributed by atoms with Crippen molar-refractivity contribution in [2.24, 2.45) is 0 Å². The normalized spacial score (nSPS) is 18.4. The number of nitrogens with zero attached hydrogens (tertiary/aromatic N) is 1. The van der Waals surface area contributed by atoms with E-state index in [1.165, 1.54) is 0 Å². The van der Waals surface area contributed by atoms with Gasteiger partial charge in [-0.25, -0.2) is 4.98 Å². The maximum Gasteiger partial charge on any atom is 0.243 e. The average molecular weight is 344 g/mol. The molecule has 8 heteroatoms. The van der Waals surface area contributed by atoms with Crippen LogP contribution in [0.15, 0.2) is 18.5 Å². The molecule has 1 atom stereocenters. The molecule has 2 aromatic rings. The molecule has 1 aromatic heterocycles. The zero-order valence-corrected chi connectivity index (χ0v) is 13.9. The highest BCUT2D eigenvalue weighted by Crippen LogP contribution is 2.36. The molecule has 2 aliphatic rings. The fourth-order valence-corrected chi connectivity index (χ4v) is 3.16. The Morgan fingerprint density at radius 3 is 2.96 bits per heavy atom. The molecule has 1 aromatic carbocycles. The lowest BCUT2D eigenvalue weighted by Crippen LogP contribution is -2.41. The van der Waals surface area contributed by atoms with Crippen LogP contribution in [0.1, 0.15) is 23.0 Å². The molecule has 1 unspecified atom stereocenters. The van der Waals surface area contributed by atoms with Gasteiger partial charge in [0, 0.05) is 36.8 Å². The van der Waals surface area contributed by atoms with Gasteiger partial charge in [0.1, 0.15) is 25.0 Å². The molecule has 8 nitrogen and oxygen atoms in total. The third kappa shape index (κ3) is 3.00. The van der Waals surface area contributed by atoms with Crippen molar-refractivity contribution < 1.29 is 19.0 Å². The molecule has 3 heterocycles. The molecular formula is C17H20N4O4. The standard InChI is InChI=1S/C17H20N4O4/c1-23-12-7-14-13(24-4-5-25-14)6-10(12)8-19-17(22)16-15-11(2-3-18-16)20-9-21-15/h6-7,9,16,18H,2-5,8H2,1H3,(H,19,22)(H,20,21). The minimum absolute atomic E-state index is 0.120. The smallest absolute Gasteiger partial charge is 0.243 e. The van der Waals surface area contributed by atoms with Crippen LogP contribution in [-0.2, 0) is 17.8 Å². The van der Waals surface area contributed by atoms with Crippen molar-refractivity contribution >= 4 is 5.91 Å². The number of aromatic amines is 1. The van der Waals surface area contributed by atoms with E-state index in [4.69, 9.17) is 14.2 Å². The first kappa shape index (κ1) is 15.8. The highest BCUT2D eigenvalue weighted by atomic mass is 16.6. The summed E-state index contributed by atoms with van der Waals surface area (Å²) in [6.45, 7) is 2.10. The van der Waals surface area contributed by atoms with Crippen LogP contribution in [0.2, 0.25) is 0 Å². The molecule has 132 valence electrons. The number of fused-ring (bicyclic) bond motifs is 2. The number of aromatic nitrogens is 2. The molecule has 0 saturated heterocycles. The summed E-state index contributed by atoms with van der Waals surface area (Å²) in [4.78, 5) is 19.9. The number of hydrogen-bond donors (Lipinski definition) is 3. The first-order chi connectivity index (χ1) is 12.3. The number of carbonyl (C=O) groups is 1. The summed E-state index contributed by atoms with van der Waals surface area (Å²) in [6, 6.07) is 3.20. The quantitative estimate of drug-likeness (QED) is 0.755. The van der Waals surface area contributed by atoms with E-state index in [9.17, 15) is 4.79 Å². The Hall–Kier alpha value is -2.74. The summed E-state index contributed by atoms with van der Waals surface area (Å²) < 4.78 is 16.6. The fourth-order valence-electron chi connectivity index (χ4n) is 3.16. The second-order valence-electron chi connectivity index (χ2n) is 5.93. The molecule has 0 bridgehead atoms. The van der Waals surface area contributed by atoms with Gasteiger partial charge in [-0.15, -0.1) is 0 Å². The van der Waals surface area contributed by atoms with Crippen LogP contribution in [-0.4, -0.2) is 42.7 Å². The Bertz CT molecular complexity index is 789. The number of ether oxygens (including phenoxy) is 3. The van der Waals surface area contributed by atoms with E-state index in [1.807, 2.05) is 6.07 Å². The second kappa shape index (κ2) is 6.64. The van der Waals surface area contributed by atoms with E-state index in [1.54, 1.807) is 19.5 Å². The van der Waals surface area contributed by atoms with E-state index in [2.05, 4.69) is 20.6 Å². The molecule has 3 N–H and O–H groups in total. The van der Waals surface area contributed by atoms with Gasteiger partial charge in [0.25, 0.3) is 0 Å². The number of H-pyrrole nitrogens is 1. The van der Waals surface area contributed by atoms with E-state index < -0.39 is 6.04 Å². The van der Waals surface area contributed by atoms with Crippen LogP contribution in [0.25, 0.3) is 0 Å². The topological polar surface area (TPSA) is 97.5 Å². The molecule has 1 amide bonds. The van der Waals surface area contributed by atoms with Crippen molar-refractivity contribution in [3.63, 3.8) is 0 Å². The van der Waals surface area contributed by atoms with Gasteiger partial charge in [0.05, 0.1) is 19.1 Å². The molecule has 4 rings (SSSR count). The van der Waals surface area contributed by atoms with Crippen molar-refractivity contribution in [3.8, 4) is 17.2 Å². The fraction of sp³-hybridized carbons (Fsp3) is 0.412. The maximum absolute atomic E-state index is 12.6. The predicted molar refractivity (Wildman–Crippen MR) is 88.9 cm³/mol. The van der Waals surface area contributed by atoms with Crippen LogP contribution in [0.4, 0.5) is 0 Å². The summed E-state index contributed by atoms with van der Waals surface area (Å²) in [5, 5.41) is 6.15. The van der Waals surface area contributed by atoms with Gasteiger partial charge >= 0.3 is 0 Å². The van der Waals surface area contributed by atoms with Gasteiger partial charge in [0.15, 0.2) is 11.5 Å². The Morgan fingerprint density at radius 2 is 2.16 bits per heavy atom. The Kier molecular flexibility index (Phi) is 4.19. The average Bonchev–Trinajstić information content (AvgIpc) is 3.14. The van der Waals surface area contributed by atoms with Gasteiger partial charge in [-0.05, 0) is 6.07 Å². The zero-order valence-electron chi connectivity index (χ0n) is 13.9. The van der Waals surface area contributed by atoms with Crippen molar-refractivity contribution in [1.29, 1.82) is 0 Å². The molecule has 0 saturated carbocycles. The summed E-state index contributed by atoms with van der Waals surface area (Å²) in [6.07, 6.45) is 2.47. The van der Waals surface area contributed by atoms with Crippen molar-refractivity contribution in [3.05, 3.63) is 35.4 Å². The van der Waals surface area contributed by atoms with Gasteiger partial charge < -0.3 is 29.8 Å². The van der Waals surface area contributed by atoms with E-state index in [0.29, 0.717) is 37.0 Å². The minimum atomic E-state index is -0.446. The number of rotatable bonds is 4. The lowest BCUT2D eigenvalue weighted by Gasteiger charge is -2.23. The predicted octanol–water partition coefficient (Wildman–Crippen LogP) is 0.693. The minimum Gasteiger partial charge on any atom is -0.496 e. The van der Waals surface area contributed by atoms with E-state index in [0.717, 1.165) is 29.9 Å². The van der Waals surface area contributed by atoms with Crippen LogP contribution < -0.4 is 24.8 Å². The third-order valence-corrected chi connectivity index (χ3v) is 4.41. The number of methoxy groups -OCH3 is 1. The number of benzene rings is 1. The number of hydrogen-bond acceptors (Lipinski definition) is 6. The summed E-state index contributed by atoms with van der Waals surface area (Å²) in [5.74, 6) is 1.86. The van der Waals surface area contributed by atoms with Crippen LogP contribution in [0, 0.1) is 0 Å². The first-order valence-electron chi connectivity index (χ1n) is 8.26. The highest BCUT2D eigenvalue weighted by molar-refractivity contribution is 5.83. The molecule has 0 aliphatic carbocycles. The Morgan fingerprint density at radius 1 is 1.36 bits per heavy atom. The number of nitrogens with one attached hydrogen (secondary N) is 3. The molecule has 0 radical (unpaired) electrons. The van der Waals surface area contributed by atoms with E-state index >= 15 is 0 Å². The van der Waals surface area contributed by atoms with Crippen LogP contribution >= 0.6 is 0 Å². The number of carbonyl (C=O) groups excluding carboxylic acids is 1. The van der Waals surface area contributed by atoms with Gasteiger partial charge in [0.2, 0.25) is 5.91 Å². The van der Waals surface area contributed by atoms with Crippen molar-refractivity contribution in [2.45, 2.75) is 19.0 Å². The SMILES string of the molecule is COc1cc2c(cc1CNC(=O)C1NCCc3[nH]cnc31)OCCO2. The lowest BCUT2D eigenvalue weighted by atomic mass is 10.0. The van der Waals surface area contributed by atoms with Gasteiger partial charge in [-0.2, -0.15) is 0 Å². The highest BCUT2D eigenvalue weighted by Gasteiger charge is 2.28. The molecule has 2 aliphatic heterocycles. The van der Waals surface area contributed by atoms with Gasteiger partial charge in [-0.3, -0.25) is 4.79 Å². The monoisotopic (exact) mass is 344 g/mol. The molecular weight excluding hydrogens is 324 g/mol. The van der Waals surface area contributed by atoms with Crippen molar-refractivity contribution in [1.82, 2.24) is 20.6 Å². The summed E-state index contributed by atoms with van der Waals surface area (Å²) >= 11 is 0. The number of imidazole rings is 1. The summed E-state index contributed by atoms with van der Waals surface area (Å²) in [7, 11) is 1.59. The van der Waals surface area contributed by atoms with Gasteiger partial charge in [-0.1, -0.05) is 0 Å². The largest absolute Gasteiger partial charge is 0.496 e. The molecule has 0 fully saturated rings. The van der Waals surface area contributed by atoms with Crippen molar-refractivity contribution in [2.75, 3.05) is 26.9 Å². The van der Waals surface area contributed by atoms with E-state index in [-0.39, 0.29) is 5.91 Å². The Balaban J connectivity index is 1.49. The summed E-state index contributed by atoms with van der Waals surface area (Å²) in [5.41, 5.74) is 2.60. The molecule has 25 heavy (non-hydrogen) atoms. The van der Waals surface area contributed by atoms with Crippen LogP contribution in [0.5, 0.6) is 17.2 Å². The molecule has 0 spiro atoms. The third-order valence-electron chi connectivity index (χ3n) is 4.41.